The highest BCUT2D eigenvalue weighted by atomic mass is 35.5. The van der Waals surface area contributed by atoms with E-state index in [1.165, 1.54) is 0 Å². The van der Waals surface area contributed by atoms with Crippen LogP contribution in [0.15, 0.2) is 22.8 Å². The summed E-state index contributed by atoms with van der Waals surface area (Å²) in [6.07, 6.45) is 1.02. The van der Waals surface area contributed by atoms with Crippen LogP contribution in [-0.2, 0) is 23.9 Å². The van der Waals surface area contributed by atoms with Gasteiger partial charge in [0.05, 0.1) is 5.92 Å². The number of esters is 2. The third-order valence-electron chi connectivity index (χ3n) is 5.32. The summed E-state index contributed by atoms with van der Waals surface area (Å²) in [5.74, 6) is -1.79. The standard InChI is InChI=1S/C18H21ClO5/c1-7-5-11(20)13-8(2)6-12(23-18(22)10(4)19)15-9(3)17(21)24-16(15)14(7)13/h5,9-10,12,14-16H,6H2,1-4H3. The monoisotopic (exact) mass is 352 g/mol. The third kappa shape index (κ3) is 2.59. The maximum Gasteiger partial charge on any atom is 0.324 e. The number of hydrogen-bond donors (Lipinski definition) is 0. The number of hydrogen-bond acceptors (Lipinski definition) is 5. The van der Waals surface area contributed by atoms with Crippen LogP contribution in [0.1, 0.15) is 34.1 Å². The van der Waals surface area contributed by atoms with E-state index in [4.69, 9.17) is 21.1 Å². The van der Waals surface area contributed by atoms with E-state index < -0.39 is 29.5 Å². The van der Waals surface area contributed by atoms with Gasteiger partial charge in [0, 0.05) is 23.8 Å². The molecule has 0 aromatic heterocycles. The van der Waals surface area contributed by atoms with Crippen LogP contribution < -0.4 is 0 Å². The second-order valence-corrected chi connectivity index (χ2v) is 7.64. The number of carbonyl (C=O) groups excluding carboxylic acids is 3. The molecule has 0 radical (unpaired) electrons. The van der Waals surface area contributed by atoms with Crippen molar-refractivity contribution in [2.75, 3.05) is 0 Å². The van der Waals surface area contributed by atoms with E-state index in [1.54, 1.807) is 19.9 Å². The van der Waals surface area contributed by atoms with Gasteiger partial charge in [-0.05, 0) is 26.8 Å². The van der Waals surface area contributed by atoms with Crippen molar-refractivity contribution >= 4 is 29.3 Å². The summed E-state index contributed by atoms with van der Waals surface area (Å²) >= 11 is 5.83. The van der Waals surface area contributed by atoms with Gasteiger partial charge in [-0.15, -0.1) is 11.6 Å². The van der Waals surface area contributed by atoms with Gasteiger partial charge in [0.25, 0.3) is 0 Å². The molecule has 5 nitrogen and oxygen atoms in total. The SMILES string of the molecule is CC1=CC(=O)C2=C(C)CC(OC(=O)C(C)Cl)C3C(C)C(=O)OC3C12. The Labute approximate surface area is 146 Å². The smallest absolute Gasteiger partial charge is 0.324 e. The number of ketones is 1. The summed E-state index contributed by atoms with van der Waals surface area (Å²) in [5.41, 5.74) is 2.46. The van der Waals surface area contributed by atoms with Crippen LogP contribution >= 0.6 is 11.6 Å². The van der Waals surface area contributed by atoms with Gasteiger partial charge >= 0.3 is 11.9 Å². The fourth-order valence-electron chi connectivity index (χ4n) is 4.15. The maximum absolute atomic E-state index is 12.4. The molecule has 0 N–H and O–H groups in total. The Balaban J connectivity index is 2.03. The summed E-state index contributed by atoms with van der Waals surface area (Å²) in [7, 11) is 0. The Kier molecular flexibility index (Phi) is 4.32. The lowest BCUT2D eigenvalue weighted by molar-refractivity contribution is -0.152. The van der Waals surface area contributed by atoms with Crippen LogP contribution in [0.2, 0.25) is 0 Å². The van der Waals surface area contributed by atoms with Gasteiger partial charge in [0.15, 0.2) is 5.78 Å². The van der Waals surface area contributed by atoms with E-state index >= 15 is 0 Å². The molecule has 0 saturated carbocycles. The zero-order chi connectivity index (χ0) is 17.8. The molecule has 3 aliphatic rings. The molecule has 0 bridgehead atoms. The van der Waals surface area contributed by atoms with Gasteiger partial charge in [-0.25, -0.2) is 0 Å². The van der Waals surface area contributed by atoms with Gasteiger partial charge in [-0.3, -0.25) is 14.4 Å². The summed E-state index contributed by atoms with van der Waals surface area (Å²) in [4.78, 5) is 36.5. The minimum absolute atomic E-state index is 0.0398. The first-order valence-electron chi connectivity index (χ1n) is 8.19. The molecule has 1 aliphatic heterocycles. The zero-order valence-corrected chi connectivity index (χ0v) is 14.9. The molecule has 1 heterocycles. The average Bonchev–Trinajstić information content (AvgIpc) is 2.89. The van der Waals surface area contributed by atoms with E-state index in [-0.39, 0.29) is 23.6 Å². The second-order valence-electron chi connectivity index (χ2n) is 6.99. The van der Waals surface area contributed by atoms with Crippen molar-refractivity contribution in [3.63, 3.8) is 0 Å². The molecule has 130 valence electrons. The highest BCUT2D eigenvalue weighted by molar-refractivity contribution is 6.29. The van der Waals surface area contributed by atoms with Crippen LogP contribution in [0.4, 0.5) is 0 Å². The Bertz CT molecular complexity index is 675. The first-order valence-corrected chi connectivity index (χ1v) is 8.63. The quantitative estimate of drug-likeness (QED) is 0.564. The lowest BCUT2D eigenvalue weighted by atomic mass is 9.79. The fourth-order valence-corrected chi connectivity index (χ4v) is 4.20. The number of fused-ring (bicyclic) bond motifs is 3. The topological polar surface area (TPSA) is 69.7 Å². The van der Waals surface area contributed by atoms with Crippen LogP contribution in [-0.4, -0.2) is 35.3 Å². The molecule has 24 heavy (non-hydrogen) atoms. The van der Waals surface area contributed by atoms with Gasteiger partial charge in [0.2, 0.25) is 0 Å². The Hall–Kier alpha value is -1.62. The Morgan fingerprint density at radius 3 is 2.67 bits per heavy atom. The molecule has 0 aromatic rings. The van der Waals surface area contributed by atoms with Gasteiger partial charge in [-0.1, -0.05) is 18.1 Å². The molecular weight excluding hydrogens is 332 g/mol. The van der Waals surface area contributed by atoms with E-state index in [1.807, 2.05) is 13.8 Å². The van der Waals surface area contributed by atoms with Crippen molar-refractivity contribution in [1.29, 1.82) is 0 Å². The number of rotatable bonds is 2. The lowest BCUT2D eigenvalue weighted by Gasteiger charge is -2.29. The van der Waals surface area contributed by atoms with Crippen LogP contribution in [0.3, 0.4) is 0 Å². The van der Waals surface area contributed by atoms with Gasteiger partial charge in [0.1, 0.15) is 17.6 Å². The van der Waals surface area contributed by atoms with Crippen molar-refractivity contribution in [3.8, 4) is 0 Å². The molecular formula is C18H21ClO5. The molecule has 6 heteroatoms. The van der Waals surface area contributed by atoms with Crippen molar-refractivity contribution in [2.24, 2.45) is 17.8 Å². The van der Waals surface area contributed by atoms with E-state index in [2.05, 4.69) is 0 Å². The zero-order valence-electron chi connectivity index (χ0n) is 14.2. The van der Waals surface area contributed by atoms with E-state index in [9.17, 15) is 14.4 Å². The fraction of sp³-hybridized carbons (Fsp3) is 0.611. The highest BCUT2D eigenvalue weighted by Crippen LogP contribution is 2.48. The van der Waals surface area contributed by atoms with Crippen LogP contribution in [0.5, 0.6) is 0 Å². The van der Waals surface area contributed by atoms with Crippen molar-refractivity contribution in [2.45, 2.75) is 51.7 Å². The number of ether oxygens (including phenoxy) is 2. The molecule has 6 unspecified atom stereocenters. The van der Waals surface area contributed by atoms with Crippen LogP contribution in [0.25, 0.3) is 0 Å². The number of halogens is 1. The third-order valence-corrected chi connectivity index (χ3v) is 5.50. The minimum atomic E-state index is -0.768. The average molecular weight is 353 g/mol. The molecule has 0 spiro atoms. The van der Waals surface area contributed by atoms with Crippen molar-refractivity contribution < 1.29 is 23.9 Å². The molecule has 2 aliphatic carbocycles. The first-order chi connectivity index (χ1) is 11.2. The summed E-state index contributed by atoms with van der Waals surface area (Å²) in [6, 6.07) is 0. The normalized spacial score (nSPS) is 36.5. The highest BCUT2D eigenvalue weighted by Gasteiger charge is 2.55. The van der Waals surface area contributed by atoms with Crippen molar-refractivity contribution in [3.05, 3.63) is 22.8 Å². The summed E-state index contributed by atoms with van der Waals surface area (Å²) in [5, 5.41) is -0.768. The van der Waals surface area contributed by atoms with Crippen molar-refractivity contribution in [1.82, 2.24) is 0 Å². The molecule has 3 rings (SSSR count). The van der Waals surface area contributed by atoms with E-state index in [0.29, 0.717) is 12.0 Å². The predicted octanol–water partition coefficient (Wildman–Crippen LogP) is 2.57. The lowest BCUT2D eigenvalue weighted by Crippen LogP contribution is -2.38. The molecule has 0 aromatic carbocycles. The van der Waals surface area contributed by atoms with Crippen LogP contribution in [0, 0.1) is 17.8 Å². The first kappa shape index (κ1) is 17.2. The largest absolute Gasteiger partial charge is 0.461 e. The second kappa shape index (κ2) is 6.03. The number of alkyl halides is 1. The minimum Gasteiger partial charge on any atom is -0.461 e. The summed E-state index contributed by atoms with van der Waals surface area (Å²) in [6.45, 7) is 7.09. The number of allylic oxidation sites excluding steroid dienone is 1. The molecule has 6 atom stereocenters. The Morgan fingerprint density at radius 1 is 1.38 bits per heavy atom. The Morgan fingerprint density at radius 2 is 2.04 bits per heavy atom. The van der Waals surface area contributed by atoms with Gasteiger partial charge < -0.3 is 9.47 Å². The van der Waals surface area contributed by atoms with E-state index in [0.717, 1.165) is 11.1 Å². The van der Waals surface area contributed by atoms with Gasteiger partial charge in [-0.2, -0.15) is 0 Å². The predicted molar refractivity (Wildman–Crippen MR) is 87.3 cm³/mol. The molecule has 1 saturated heterocycles. The molecule has 0 amide bonds. The maximum atomic E-state index is 12.4. The molecule has 1 fully saturated rings. The number of carbonyl (C=O) groups is 3. The summed E-state index contributed by atoms with van der Waals surface area (Å²) < 4.78 is 11.2.